The Labute approximate surface area is 96.0 Å². The van der Waals surface area contributed by atoms with Crippen molar-refractivity contribution in [3.63, 3.8) is 0 Å². The van der Waals surface area contributed by atoms with Gasteiger partial charge in [-0.2, -0.15) is 21.8 Å². The predicted molar refractivity (Wildman–Crippen MR) is 60.7 cm³/mol. The van der Waals surface area contributed by atoms with Crippen LogP contribution in [0, 0.1) is 0 Å². The first-order valence-corrected chi connectivity index (χ1v) is 6.14. The number of hydrogen-bond donors (Lipinski definition) is 2. The zero-order valence-corrected chi connectivity index (χ0v) is 9.33. The highest BCUT2D eigenvalue weighted by atomic mass is 32.2. The number of nitrogen functional groups attached to an aromatic ring is 1. The highest BCUT2D eigenvalue weighted by molar-refractivity contribution is 7.99. The smallest absolute Gasteiger partial charge is 0.263 e. The molecule has 0 saturated carbocycles. The molecule has 1 aliphatic rings. The fourth-order valence-electron chi connectivity index (χ4n) is 1.72. The van der Waals surface area contributed by atoms with Gasteiger partial charge in [0.1, 0.15) is 11.4 Å². The van der Waals surface area contributed by atoms with Gasteiger partial charge in [0, 0.05) is 0 Å². The summed E-state index contributed by atoms with van der Waals surface area (Å²) in [6.07, 6.45) is 3.92. The van der Waals surface area contributed by atoms with E-state index in [2.05, 4.69) is 20.3 Å². The molecule has 0 aromatic carbocycles. The largest absolute Gasteiger partial charge is 0.383 e. The van der Waals surface area contributed by atoms with Crippen LogP contribution in [-0.2, 0) is 0 Å². The summed E-state index contributed by atoms with van der Waals surface area (Å²) in [6.45, 7) is 0. The zero-order chi connectivity index (χ0) is 11.0. The second-order valence-corrected chi connectivity index (χ2v) is 4.97. The third-order valence-corrected chi connectivity index (χ3v) is 3.93. The second kappa shape index (κ2) is 3.82. The third-order valence-electron chi connectivity index (χ3n) is 2.56. The molecular weight excluding hydrogens is 226 g/mol. The number of aromatic nitrogens is 4. The van der Waals surface area contributed by atoms with Crippen molar-refractivity contribution < 1.29 is 4.52 Å². The van der Waals surface area contributed by atoms with Gasteiger partial charge in [0.15, 0.2) is 5.82 Å². The van der Waals surface area contributed by atoms with Gasteiger partial charge in [-0.3, -0.25) is 5.10 Å². The van der Waals surface area contributed by atoms with E-state index >= 15 is 0 Å². The lowest BCUT2D eigenvalue weighted by Gasteiger charge is -1.98. The highest BCUT2D eigenvalue weighted by Crippen LogP contribution is 2.39. The summed E-state index contributed by atoms with van der Waals surface area (Å²) < 4.78 is 5.19. The van der Waals surface area contributed by atoms with Gasteiger partial charge in [0.05, 0.1) is 11.4 Å². The first-order chi connectivity index (χ1) is 7.84. The van der Waals surface area contributed by atoms with Gasteiger partial charge >= 0.3 is 0 Å². The molecule has 3 N–H and O–H groups in total. The van der Waals surface area contributed by atoms with Gasteiger partial charge < -0.3 is 10.3 Å². The number of aromatic amines is 1. The topological polar surface area (TPSA) is 93.6 Å². The molecule has 0 aliphatic carbocycles. The number of H-pyrrole nitrogens is 1. The predicted octanol–water partition coefficient (Wildman–Crippen LogP) is 1.61. The summed E-state index contributed by atoms with van der Waals surface area (Å²) in [5, 5.41) is 10.8. The lowest BCUT2D eigenvalue weighted by Crippen LogP contribution is -1.91. The van der Waals surface area contributed by atoms with Crippen molar-refractivity contribution in [2.75, 3.05) is 11.5 Å². The van der Waals surface area contributed by atoms with Crippen LogP contribution in [0.3, 0.4) is 0 Å². The van der Waals surface area contributed by atoms with Crippen molar-refractivity contribution >= 4 is 17.6 Å². The maximum absolute atomic E-state index is 5.68. The van der Waals surface area contributed by atoms with E-state index in [1.807, 2.05) is 11.8 Å². The molecule has 1 saturated heterocycles. The molecule has 0 bridgehead atoms. The van der Waals surface area contributed by atoms with Crippen molar-refractivity contribution in [2.24, 2.45) is 0 Å². The molecule has 0 radical (unpaired) electrons. The van der Waals surface area contributed by atoms with Crippen LogP contribution in [0.2, 0.25) is 0 Å². The van der Waals surface area contributed by atoms with Crippen molar-refractivity contribution in [3.8, 4) is 11.5 Å². The summed E-state index contributed by atoms with van der Waals surface area (Å²) in [5.41, 5.74) is 6.35. The van der Waals surface area contributed by atoms with Gasteiger partial charge in [-0.1, -0.05) is 5.16 Å². The van der Waals surface area contributed by atoms with Crippen LogP contribution in [0.25, 0.3) is 11.5 Å². The minimum absolute atomic E-state index is 0.366. The number of hydrogen-bond acceptors (Lipinski definition) is 6. The Balaban J connectivity index is 1.90. The molecule has 1 fully saturated rings. The van der Waals surface area contributed by atoms with Crippen LogP contribution >= 0.6 is 11.8 Å². The fourth-order valence-corrected chi connectivity index (χ4v) is 2.92. The first-order valence-electron chi connectivity index (χ1n) is 5.09. The van der Waals surface area contributed by atoms with Crippen LogP contribution in [0.15, 0.2) is 10.7 Å². The molecule has 0 spiro atoms. The van der Waals surface area contributed by atoms with Crippen molar-refractivity contribution in [1.82, 2.24) is 20.3 Å². The standard InChI is InChI=1S/C9H11N5OS/c10-7-5(4-11-13-7)9-12-8(14-15-9)6-2-1-3-16-6/h4,6H,1-3H2,(H3,10,11,13). The van der Waals surface area contributed by atoms with E-state index in [4.69, 9.17) is 10.3 Å². The Kier molecular flexibility index (Phi) is 2.32. The average Bonchev–Trinajstić information content (AvgIpc) is 2.96. The lowest BCUT2D eigenvalue weighted by atomic mass is 10.2. The quantitative estimate of drug-likeness (QED) is 0.824. The molecule has 3 heterocycles. The van der Waals surface area contributed by atoms with E-state index in [1.165, 1.54) is 12.2 Å². The summed E-state index contributed by atoms with van der Waals surface area (Å²) in [5.74, 6) is 2.82. The number of anilines is 1. The second-order valence-electron chi connectivity index (χ2n) is 3.66. The molecule has 84 valence electrons. The molecule has 2 aromatic rings. The molecule has 1 atom stereocenters. The van der Waals surface area contributed by atoms with Gasteiger partial charge in [0.25, 0.3) is 5.89 Å². The number of nitrogens with zero attached hydrogens (tertiary/aromatic N) is 3. The number of rotatable bonds is 2. The van der Waals surface area contributed by atoms with E-state index in [0.717, 1.165) is 12.2 Å². The van der Waals surface area contributed by atoms with Gasteiger partial charge in [-0.25, -0.2) is 0 Å². The fraction of sp³-hybridized carbons (Fsp3) is 0.444. The number of nitrogens with one attached hydrogen (secondary N) is 1. The average molecular weight is 237 g/mol. The summed E-state index contributed by atoms with van der Waals surface area (Å²) in [4.78, 5) is 4.36. The third kappa shape index (κ3) is 1.57. The van der Waals surface area contributed by atoms with Crippen LogP contribution in [0.5, 0.6) is 0 Å². The van der Waals surface area contributed by atoms with Crippen molar-refractivity contribution in [3.05, 3.63) is 12.0 Å². The monoisotopic (exact) mass is 237 g/mol. The summed E-state index contributed by atoms with van der Waals surface area (Å²) in [7, 11) is 0. The molecule has 16 heavy (non-hydrogen) atoms. The van der Waals surface area contributed by atoms with Crippen molar-refractivity contribution in [2.45, 2.75) is 18.1 Å². The van der Waals surface area contributed by atoms with E-state index in [0.29, 0.717) is 22.5 Å². The molecule has 3 rings (SSSR count). The van der Waals surface area contributed by atoms with Crippen LogP contribution in [0.4, 0.5) is 5.82 Å². The zero-order valence-electron chi connectivity index (χ0n) is 8.51. The maximum atomic E-state index is 5.68. The van der Waals surface area contributed by atoms with E-state index in [9.17, 15) is 0 Å². The van der Waals surface area contributed by atoms with Gasteiger partial charge in [-0.05, 0) is 18.6 Å². The molecule has 7 heteroatoms. The summed E-state index contributed by atoms with van der Waals surface area (Å²) >= 11 is 1.87. The van der Waals surface area contributed by atoms with E-state index in [1.54, 1.807) is 6.20 Å². The van der Waals surface area contributed by atoms with E-state index < -0.39 is 0 Å². The Morgan fingerprint density at radius 3 is 3.19 bits per heavy atom. The van der Waals surface area contributed by atoms with Crippen LogP contribution in [0.1, 0.15) is 23.9 Å². The Morgan fingerprint density at radius 1 is 1.56 bits per heavy atom. The number of nitrogens with two attached hydrogens (primary N) is 1. The lowest BCUT2D eigenvalue weighted by molar-refractivity contribution is 0.421. The molecule has 2 aromatic heterocycles. The van der Waals surface area contributed by atoms with Gasteiger partial charge in [0.2, 0.25) is 0 Å². The molecule has 1 unspecified atom stereocenters. The minimum Gasteiger partial charge on any atom is -0.383 e. The SMILES string of the molecule is Nc1[nH]ncc1-c1nc(C2CCCS2)no1. The Morgan fingerprint density at radius 2 is 2.50 bits per heavy atom. The van der Waals surface area contributed by atoms with Gasteiger partial charge in [-0.15, -0.1) is 0 Å². The molecule has 0 amide bonds. The minimum atomic E-state index is 0.366. The first kappa shape index (κ1) is 9.71. The molecule has 1 aliphatic heterocycles. The maximum Gasteiger partial charge on any atom is 0.263 e. The molecular formula is C9H11N5OS. The molecule has 6 nitrogen and oxygen atoms in total. The Bertz CT molecular complexity index is 488. The Hall–Kier alpha value is -1.50. The highest BCUT2D eigenvalue weighted by Gasteiger charge is 2.24. The van der Waals surface area contributed by atoms with Crippen LogP contribution < -0.4 is 5.73 Å². The van der Waals surface area contributed by atoms with Crippen molar-refractivity contribution in [1.29, 1.82) is 0 Å². The van der Waals surface area contributed by atoms with Crippen LogP contribution in [-0.4, -0.2) is 26.1 Å². The normalized spacial score (nSPS) is 20.4. The summed E-state index contributed by atoms with van der Waals surface area (Å²) in [6, 6.07) is 0. The van der Waals surface area contributed by atoms with E-state index in [-0.39, 0.29) is 0 Å². The number of thioether (sulfide) groups is 1.